The highest BCUT2D eigenvalue weighted by Gasteiger charge is 2.41. The van der Waals surface area contributed by atoms with Crippen molar-refractivity contribution in [2.45, 2.75) is 19.0 Å². The zero-order valence-electron chi connectivity index (χ0n) is 14.6. The number of carbonyl (C=O) groups excluding carboxylic acids is 1. The molecule has 0 unspecified atom stereocenters. The van der Waals surface area contributed by atoms with Crippen molar-refractivity contribution in [3.63, 3.8) is 0 Å². The van der Waals surface area contributed by atoms with Crippen molar-refractivity contribution in [3.8, 4) is 0 Å². The molecule has 11 heteroatoms. The van der Waals surface area contributed by atoms with E-state index in [9.17, 15) is 18.0 Å². The van der Waals surface area contributed by atoms with Gasteiger partial charge < -0.3 is 10.2 Å². The first-order chi connectivity index (χ1) is 13.4. The van der Waals surface area contributed by atoms with E-state index in [0.29, 0.717) is 17.3 Å². The van der Waals surface area contributed by atoms with Gasteiger partial charge in [-0.05, 0) is 25.0 Å². The summed E-state index contributed by atoms with van der Waals surface area (Å²) in [5.74, 6) is -0.861. The summed E-state index contributed by atoms with van der Waals surface area (Å²) in [6.45, 7) is 0.508. The Bertz CT molecular complexity index is 981. The number of hydrogen-bond donors (Lipinski definition) is 1. The van der Waals surface area contributed by atoms with E-state index in [1.54, 1.807) is 23.2 Å². The second-order valence-corrected chi connectivity index (χ2v) is 6.46. The minimum Gasteiger partial charge on any atom is -0.356 e. The Morgan fingerprint density at radius 1 is 1.21 bits per heavy atom. The molecule has 4 rings (SSSR count). The van der Waals surface area contributed by atoms with Gasteiger partial charge in [-0.25, -0.2) is 19.5 Å². The topological polar surface area (TPSA) is 88.3 Å². The van der Waals surface area contributed by atoms with Gasteiger partial charge in [-0.1, -0.05) is 0 Å². The molecule has 1 saturated heterocycles. The van der Waals surface area contributed by atoms with Gasteiger partial charge in [-0.3, -0.25) is 4.79 Å². The zero-order chi connectivity index (χ0) is 19.7. The molecule has 28 heavy (non-hydrogen) atoms. The number of nitrogens with zero attached hydrogens (tertiary/aromatic N) is 6. The summed E-state index contributed by atoms with van der Waals surface area (Å²) in [7, 11) is 0. The molecule has 146 valence electrons. The van der Waals surface area contributed by atoms with Gasteiger partial charge in [0.15, 0.2) is 5.65 Å². The van der Waals surface area contributed by atoms with Crippen molar-refractivity contribution >= 4 is 23.2 Å². The maximum absolute atomic E-state index is 12.9. The number of anilines is 2. The summed E-state index contributed by atoms with van der Waals surface area (Å²) >= 11 is 0. The Kier molecular flexibility index (Phi) is 4.57. The van der Waals surface area contributed by atoms with Crippen LogP contribution in [0.4, 0.5) is 24.8 Å². The average molecular weight is 391 g/mol. The lowest BCUT2D eigenvalue weighted by molar-refractivity contribution is -0.179. The third-order valence-electron chi connectivity index (χ3n) is 4.70. The zero-order valence-corrected chi connectivity index (χ0v) is 14.6. The number of nitrogens with one attached hydrogen (secondary N) is 1. The number of hydrogen-bond acceptors (Lipinski definition) is 6. The number of carbonyl (C=O) groups is 1. The van der Waals surface area contributed by atoms with Crippen molar-refractivity contribution in [3.05, 3.63) is 42.6 Å². The van der Waals surface area contributed by atoms with Crippen LogP contribution in [-0.4, -0.2) is 49.7 Å². The van der Waals surface area contributed by atoms with Gasteiger partial charge >= 0.3 is 6.18 Å². The molecular weight excluding hydrogens is 375 g/mol. The number of alkyl halides is 3. The molecule has 1 N–H and O–H groups in total. The average Bonchev–Trinajstić information content (AvgIpc) is 3.11. The predicted octanol–water partition coefficient (Wildman–Crippen LogP) is 2.55. The summed E-state index contributed by atoms with van der Waals surface area (Å²) in [6, 6.07) is 3.23. The van der Waals surface area contributed by atoms with E-state index in [-0.39, 0.29) is 31.5 Å². The van der Waals surface area contributed by atoms with Crippen LogP contribution in [0.3, 0.4) is 0 Å². The third-order valence-corrected chi connectivity index (χ3v) is 4.70. The van der Waals surface area contributed by atoms with Crippen LogP contribution in [0.5, 0.6) is 0 Å². The number of amides is 1. The fourth-order valence-electron chi connectivity index (χ4n) is 3.18. The fraction of sp³-hybridized carbons (Fsp3) is 0.353. The highest BCUT2D eigenvalue weighted by molar-refractivity contribution is 6.07. The Morgan fingerprint density at radius 3 is 2.68 bits per heavy atom. The molecule has 8 nitrogen and oxygen atoms in total. The van der Waals surface area contributed by atoms with E-state index in [2.05, 4.69) is 25.4 Å². The van der Waals surface area contributed by atoms with Gasteiger partial charge in [-0.15, -0.1) is 0 Å². The first-order valence-corrected chi connectivity index (χ1v) is 8.65. The molecule has 3 aromatic rings. The Hall–Kier alpha value is -3.24. The maximum atomic E-state index is 12.9. The summed E-state index contributed by atoms with van der Waals surface area (Å²) in [6.07, 6.45) is 1.72. The van der Waals surface area contributed by atoms with Gasteiger partial charge in [0.2, 0.25) is 0 Å². The van der Waals surface area contributed by atoms with Gasteiger partial charge in [0.1, 0.15) is 23.5 Å². The SMILES string of the molecule is O=C(Nc1ccncn1)c1cnn2ccc(N3CCC(C(F)(F)F)CC3)nc12. The predicted molar refractivity (Wildman–Crippen MR) is 94.0 cm³/mol. The smallest absolute Gasteiger partial charge is 0.356 e. The van der Waals surface area contributed by atoms with Crippen LogP contribution < -0.4 is 10.2 Å². The van der Waals surface area contributed by atoms with Crippen LogP contribution in [0.1, 0.15) is 23.2 Å². The van der Waals surface area contributed by atoms with Crippen molar-refractivity contribution in [1.29, 1.82) is 0 Å². The normalized spacial score (nSPS) is 15.8. The molecule has 0 spiro atoms. The van der Waals surface area contributed by atoms with E-state index in [0.717, 1.165) is 0 Å². The molecule has 0 bridgehead atoms. The molecular formula is C17H16F3N7O. The molecule has 1 aliphatic heterocycles. The van der Waals surface area contributed by atoms with Gasteiger partial charge in [-0.2, -0.15) is 18.3 Å². The summed E-state index contributed by atoms with van der Waals surface area (Å²) in [4.78, 5) is 26.5. The number of piperidine rings is 1. The van der Waals surface area contributed by atoms with E-state index in [4.69, 9.17) is 0 Å². The lowest BCUT2D eigenvalue weighted by atomic mass is 9.96. The molecule has 1 aliphatic rings. The number of aromatic nitrogens is 5. The minimum atomic E-state index is -4.17. The lowest BCUT2D eigenvalue weighted by Crippen LogP contribution is -2.39. The molecule has 0 saturated carbocycles. The van der Waals surface area contributed by atoms with E-state index < -0.39 is 18.0 Å². The summed E-state index contributed by atoms with van der Waals surface area (Å²) in [5, 5.41) is 6.74. The fourth-order valence-corrected chi connectivity index (χ4v) is 3.18. The number of fused-ring (bicyclic) bond motifs is 1. The Morgan fingerprint density at radius 2 is 2.00 bits per heavy atom. The number of rotatable bonds is 3. The second-order valence-electron chi connectivity index (χ2n) is 6.46. The van der Waals surface area contributed by atoms with Crippen molar-refractivity contribution < 1.29 is 18.0 Å². The highest BCUT2D eigenvalue weighted by Crippen LogP contribution is 2.35. The highest BCUT2D eigenvalue weighted by atomic mass is 19.4. The molecule has 0 aromatic carbocycles. The molecule has 1 amide bonds. The Labute approximate surface area is 157 Å². The monoisotopic (exact) mass is 391 g/mol. The van der Waals surface area contributed by atoms with Crippen molar-refractivity contribution in [2.75, 3.05) is 23.3 Å². The second kappa shape index (κ2) is 7.06. The van der Waals surface area contributed by atoms with Crippen LogP contribution in [0, 0.1) is 5.92 Å². The first kappa shape index (κ1) is 18.1. The molecule has 0 aliphatic carbocycles. The van der Waals surface area contributed by atoms with Crippen LogP contribution in [-0.2, 0) is 0 Å². The molecule has 4 heterocycles. The minimum absolute atomic E-state index is 0.0245. The molecule has 1 fully saturated rings. The first-order valence-electron chi connectivity index (χ1n) is 8.65. The Balaban J connectivity index is 1.54. The third kappa shape index (κ3) is 3.59. The maximum Gasteiger partial charge on any atom is 0.391 e. The largest absolute Gasteiger partial charge is 0.391 e. The standard InChI is InChI=1S/C17H16F3N7O/c18-17(19,20)11-2-6-26(7-3-11)14-4-8-27-15(25-14)12(9-23-27)16(28)24-13-1-5-21-10-22-13/h1,4-5,8-11H,2-3,6-7H2,(H,21,22,24,28). The number of halogens is 3. The van der Waals surface area contributed by atoms with Crippen LogP contribution in [0.25, 0.3) is 5.65 Å². The van der Waals surface area contributed by atoms with Gasteiger partial charge in [0, 0.05) is 25.5 Å². The molecule has 3 aromatic heterocycles. The summed E-state index contributed by atoms with van der Waals surface area (Å²) in [5.41, 5.74) is 0.563. The van der Waals surface area contributed by atoms with Crippen LogP contribution in [0.15, 0.2) is 37.1 Å². The van der Waals surface area contributed by atoms with Crippen LogP contribution in [0.2, 0.25) is 0 Å². The van der Waals surface area contributed by atoms with E-state index >= 15 is 0 Å². The van der Waals surface area contributed by atoms with Gasteiger partial charge in [0.25, 0.3) is 5.91 Å². The van der Waals surface area contributed by atoms with E-state index in [1.165, 1.54) is 23.2 Å². The van der Waals surface area contributed by atoms with Gasteiger partial charge in [0.05, 0.1) is 12.1 Å². The van der Waals surface area contributed by atoms with Crippen LogP contribution >= 0.6 is 0 Å². The van der Waals surface area contributed by atoms with Crippen molar-refractivity contribution in [1.82, 2.24) is 24.6 Å². The quantitative estimate of drug-likeness (QED) is 0.738. The summed E-state index contributed by atoms with van der Waals surface area (Å²) < 4.78 is 40.0. The lowest BCUT2D eigenvalue weighted by Gasteiger charge is -2.33. The molecule has 0 radical (unpaired) electrons. The molecule has 0 atom stereocenters. The van der Waals surface area contributed by atoms with E-state index in [1.807, 2.05) is 0 Å². The van der Waals surface area contributed by atoms with Crippen molar-refractivity contribution in [2.24, 2.45) is 5.92 Å².